The summed E-state index contributed by atoms with van der Waals surface area (Å²) in [6.45, 7) is 6.27. The Bertz CT molecular complexity index is 1090. The largest absolute Gasteiger partial charge is 0.389 e. The summed E-state index contributed by atoms with van der Waals surface area (Å²) in [5, 5.41) is 15.1. The van der Waals surface area contributed by atoms with Crippen molar-refractivity contribution in [3.8, 4) is 0 Å². The lowest BCUT2D eigenvalue weighted by Gasteiger charge is -2.17. The van der Waals surface area contributed by atoms with Crippen molar-refractivity contribution >= 4 is 23.3 Å². The summed E-state index contributed by atoms with van der Waals surface area (Å²) < 4.78 is 15.3. The van der Waals surface area contributed by atoms with E-state index in [1.165, 1.54) is 26.0 Å². The van der Waals surface area contributed by atoms with Gasteiger partial charge in [-0.2, -0.15) is 0 Å². The van der Waals surface area contributed by atoms with Crippen LogP contribution in [-0.4, -0.2) is 39.4 Å². The molecular formula is C25H32FN3O4. The molecule has 1 aliphatic rings. The first-order valence-corrected chi connectivity index (χ1v) is 11.2. The Labute approximate surface area is 193 Å². The summed E-state index contributed by atoms with van der Waals surface area (Å²) >= 11 is 0. The van der Waals surface area contributed by atoms with Crippen LogP contribution < -0.4 is 10.6 Å². The lowest BCUT2D eigenvalue weighted by atomic mass is 9.97. The van der Waals surface area contributed by atoms with Crippen molar-refractivity contribution in [2.24, 2.45) is 7.05 Å². The molecule has 1 aromatic heterocycles. The van der Waals surface area contributed by atoms with Gasteiger partial charge in [-0.15, -0.1) is 0 Å². The molecular weight excluding hydrogens is 425 g/mol. The van der Waals surface area contributed by atoms with E-state index in [4.69, 9.17) is 0 Å². The maximum absolute atomic E-state index is 13.6. The van der Waals surface area contributed by atoms with Crippen molar-refractivity contribution in [1.29, 1.82) is 0 Å². The second kappa shape index (κ2) is 9.47. The van der Waals surface area contributed by atoms with E-state index in [1.807, 2.05) is 0 Å². The predicted molar refractivity (Wildman–Crippen MR) is 124 cm³/mol. The van der Waals surface area contributed by atoms with E-state index in [1.54, 1.807) is 31.5 Å². The Hall–Kier alpha value is -3.00. The Balaban J connectivity index is 2.00. The number of halogens is 1. The van der Waals surface area contributed by atoms with Gasteiger partial charge in [-0.1, -0.05) is 12.8 Å². The van der Waals surface area contributed by atoms with Gasteiger partial charge in [-0.3, -0.25) is 14.4 Å². The number of carbonyl (C=O) groups excluding carboxylic acids is 3. The van der Waals surface area contributed by atoms with E-state index in [0.29, 0.717) is 22.4 Å². The Morgan fingerprint density at radius 1 is 1.18 bits per heavy atom. The summed E-state index contributed by atoms with van der Waals surface area (Å²) in [6.07, 6.45) is 3.85. The van der Waals surface area contributed by atoms with Gasteiger partial charge in [0.1, 0.15) is 5.82 Å². The molecule has 0 aliphatic heterocycles. The summed E-state index contributed by atoms with van der Waals surface area (Å²) in [7, 11) is 1.70. The van der Waals surface area contributed by atoms with E-state index in [-0.39, 0.29) is 24.0 Å². The third kappa shape index (κ3) is 5.33. The fourth-order valence-electron chi connectivity index (χ4n) is 4.54. The number of nitrogens with zero attached hydrogens (tertiary/aromatic N) is 1. The maximum atomic E-state index is 13.6. The zero-order valence-corrected chi connectivity index (χ0v) is 19.8. The van der Waals surface area contributed by atoms with E-state index < -0.39 is 23.2 Å². The number of aryl methyl sites for hydroxylation is 1. The molecule has 1 heterocycles. The van der Waals surface area contributed by atoms with E-state index in [9.17, 15) is 23.9 Å². The van der Waals surface area contributed by atoms with Crippen LogP contribution in [0.15, 0.2) is 18.2 Å². The Kier molecular flexibility index (Phi) is 7.07. The molecule has 1 aliphatic carbocycles. The fourth-order valence-corrected chi connectivity index (χ4v) is 4.54. The van der Waals surface area contributed by atoms with Crippen LogP contribution in [0.25, 0.3) is 0 Å². The van der Waals surface area contributed by atoms with Gasteiger partial charge >= 0.3 is 0 Å². The number of carbonyl (C=O) groups is 3. The van der Waals surface area contributed by atoms with Crippen LogP contribution >= 0.6 is 0 Å². The summed E-state index contributed by atoms with van der Waals surface area (Å²) in [4.78, 5) is 39.0. The Morgan fingerprint density at radius 2 is 1.82 bits per heavy atom. The van der Waals surface area contributed by atoms with Crippen LogP contribution in [-0.2, 0) is 11.8 Å². The highest BCUT2D eigenvalue weighted by Crippen LogP contribution is 2.39. The van der Waals surface area contributed by atoms with Gasteiger partial charge in [0, 0.05) is 30.9 Å². The number of aromatic nitrogens is 1. The number of nitrogens with one attached hydrogen (secondary N) is 2. The first-order chi connectivity index (χ1) is 15.4. The molecule has 178 valence electrons. The summed E-state index contributed by atoms with van der Waals surface area (Å²) in [5.74, 6) is -2.24. The van der Waals surface area contributed by atoms with Gasteiger partial charge in [0.2, 0.25) is 0 Å². The number of hydrogen-bond acceptors (Lipinski definition) is 4. The van der Waals surface area contributed by atoms with Crippen LogP contribution in [0.3, 0.4) is 0 Å². The molecule has 1 aromatic carbocycles. The van der Waals surface area contributed by atoms with Gasteiger partial charge in [-0.25, -0.2) is 4.39 Å². The zero-order chi connectivity index (χ0) is 24.5. The molecule has 3 N–H and O–H groups in total. The first kappa shape index (κ1) is 24.6. The highest BCUT2D eigenvalue weighted by Gasteiger charge is 2.34. The second-order valence-electron chi connectivity index (χ2n) is 9.52. The predicted octanol–water partition coefficient (Wildman–Crippen LogP) is 3.76. The second-order valence-corrected chi connectivity index (χ2v) is 9.52. The number of aliphatic hydroxyl groups is 1. The molecule has 1 fully saturated rings. The van der Waals surface area contributed by atoms with Crippen LogP contribution in [0.5, 0.6) is 0 Å². The van der Waals surface area contributed by atoms with Crippen molar-refractivity contribution in [2.45, 2.75) is 64.9 Å². The molecule has 2 amide bonds. The number of Topliss-reactive ketones (excluding diaryl/α,β-unsaturated/α-hetero) is 1. The molecule has 0 radical (unpaired) electrons. The van der Waals surface area contributed by atoms with Gasteiger partial charge in [0.05, 0.1) is 16.9 Å². The third-order valence-corrected chi connectivity index (χ3v) is 6.17. The highest BCUT2D eigenvalue weighted by atomic mass is 19.1. The molecule has 0 atom stereocenters. The summed E-state index contributed by atoms with van der Waals surface area (Å²) in [5.41, 5.74) is 1.41. The number of amides is 2. The number of ketones is 1. The van der Waals surface area contributed by atoms with Crippen molar-refractivity contribution in [3.63, 3.8) is 0 Å². The fraction of sp³-hybridized carbons (Fsp3) is 0.480. The molecule has 0 saturated heterocycles. The normalized spacial score (nSPS) is 14.4. The molecule has 8 heteroatoms. The number of rotatable bonds is 7. The van der Waals surface area contributed by atoms with Gasteiger partial charge < -0.3 is 20.3 Å². The van der Waals surface area contributed by atoms with Gasteiger partial charge in [-0.05, 0) is 69.9 Å². The van der Waals surface area contributed by atoms with Crippen molar-refractivity contribution in [2.75, 3.05) is 11.9 Å². The smallest absolute Gasteiger partial charge is 0.294 e. The van der Waals surface area contributed by atoms with Gasteiger partial charge in [0.15, 0.2) is 0 Å². The monoisotopic (exact) mass is 457 g/mol. The zero-order valence-electron chi connectivity index (χ0n) is 19.8. The molecule has 3 rings (SSSR count). The SMILES string of the molecule is Cc1cc(NC(=O)c2c(C)c(C(=O)C(=O)NCC(C)(C)O)n(C)c2C2CCCC2)ccc1F. The molecule has 7 nitrogen and oxygen atoms in total. The Morgan fingerprint density at radius 3 is 2.39 bits per heavy atom. The van der Waals surface area contributed by atoms with Crippen LogP contribution in [0.2, 0.25) is 0 Å². The van der Waals surface area contributed by atoms with Crippen molar-refractivity contribution in [3.05, 3.63) is 52.1 Å². The first-order valence-electron chi connectivity index (χ1n) is 11.2. The molecule has 1 saturated carbocycles. The van der Waals surface area contributed by atoms with Gasteiger partial charge in [0.25, 0.3) is 17.6 Å². The number of anilines is 1. The molecule has 0 unspecified atom stereocenters. The molecule has 33 heavy (non-hydrogen) atoms. The van der Waals surface area contributed by atoms with E-state index >= 15 is 0 Å². The standard InChI is InChI=1S/C25H32FN3O4/c1-14-12-17(10-11-18(14)26)28-23(31)19-15(2)20(22(30)24(32)27-13-25(3,4)33)29(5)21(19)16-8-6-7-9-16/h10-12,16,33H,6-9,13H2,1-5H3,(H,27,32)(H,28,31). The van der Waals surface area contributed by atoms with Crippen LogP contribution in [0.1, 0.15) is 83.1 Å². The summed E-state index contributed by atoms with van der Waals surface area (Å²) in [6, 6.07) is 4.34. The lowest BCUT2D eigenvalue weighted by Crippen LogP contribution is -2.41. The molecule has 0 bridgehead atoms. The topological polar surface area (TPSA) is 100 Å². The quantitative estimate of drug-likeness (QED) is 0.435. The number of hydrogen-bond donors (Lipinski definition) is 3. The average molecular weight is 458 g/mol. The highest BCUT2D eigenvalue weighted by molar-refractivity contribution is 6.43. The minimum atomic E-state index is -1.16. The average Bonchev–Trinajstić information content (AvgIpc) is 3.34. The van der Waals surface area contributed by atoms with E-state index in [2.05, 4.69) is 10.6 Å². The van der Waals surface area contributed by atoms with Crippen molar-refractivity contribution in [1.82, 2.24) is 9.88 Å². The molecule has 0 spiro atoms. The van der Waals surface area contributed by atoms with E-state index in [0.717, 1.165) is 31.4 Å². The van der Waals surface area contributed by atoms with Crippen molar-refractivity contribution < 1.29 is 23.9 Å². The third-order valence-electron chi connectivity index (χ3n) is 6.17. The lowest BCUT2D eigenvalue weighted by molar-refractivity contribution is -0.118. The van der Waals surface area contributed by atoms with Crippen LogP contribution in [0, 0.1) is 19.7 Å². The molecule has 2 aromatic rings. The maximum Gasteiger partial charge on any atom is 0.294 e. The number of benzene rings is 1. The minimum Gasteiger partial charge on any atom is -0.389 e. The van der Waals surface area contributed by atoms with Crippen LogP contribution in [0.4, 0.5) is 10.1 Å². The minimum absolute atomic E-state index is 0.0756.